The van der Waals surface area contributed by atoms with Gasteiger partial charge in [0.2, 0.25) is 0 Å². The molecule has 0 unspecified atom stereocenters. The van der Waals surface area contributed by atoms with Gasteiger partial charge in [-0.3, -0.25) is 4.68 Å². The Morgan fingerprint density at radius 2 is 2.07 bits per heavy atom. The summed E-state index contributed by atoms with van der Waals surface area (Å²) in [6.07, 6.45) is 5.23. The van der Waals surface area contributed by atoms with Crippen LogP contribution in [0, 0.1) is 12.7 Å². The summed E-state index contributed by atoms with van der Waals surface area (Å²) in [4.78, 5) is 13.5. The number of fused-ring (bicyclic) bond motifs is 3. The normalized spacial score (nSPS) is 13.7. The van der Waals surface area contributed by atoms with Crippen molar-refractivity contribution in [2.45, 2.75) is 13.5 Å². The van der Waals surface area contributed by atoms with Crippen molar-refractivity contribution in [3.8, 4) is 22.5 Å². The van der Waals surface area contributed by atoms with Crippen molar-refractivity contribution in [2.75, 3.05) is 17.6 Å². The molecule has 3 aliphatic rings. The smallest absolute Gasteiger partial charge is 0.251 e. The highest BCUT2D eigenvalue weighted by Crippen LogP contribution is 2.38. The van der Waals surface area contributed by atoms with E-state index in [0.717, 1.165) is 47.0 Å². The third-order valence-electron chi connectivity index (χ3n) is 5.05. The van der Waals surface area contributed by atoms with Gasteiger partial charge in [-0.25, -0.2) is 14.4 Å². The fourth-order valence-electron chi connectivity index (χ4n) is 3.68. The minimum absolute atomic E-state index is 0.129. The van der Waals surface area contributed by atoms with Gasteiger partial charge in [0.1, 0.15) is 23.1 Å². The fraction of sp³-hybridized carbons (Fsp3) is 0.200. The van der Waals surface area contributed by atoms with Gasteiger partial charge in [-0.05, 0) is 36.2 Å². The molecule has 0 amide bonds. The van der Waals surface area contributed by atoms with Gasteiger partial charge >= 0.3 is 0 Å². The minimum atomic E-state index is -0.408. The van der Waals surface area contributed by atoms with Gasteiger partial charge in [-0.15, -0.1) is 0 Å². The molecule has 8 nitrogen and oxygen atoms in total. The van der Waals surface area contributed by atoms with E-state index in [2.05, 4.69) is 29.9 Å². The number of rotatable bonds is 2. The molecule has 4 heterocycles. The van der Waals surface area contributed by atoms with Gasteiger partial charge in [0.05, 0.1) is 18.1 Å². The Balaban J connectivity index is 1.72. The lowest BCUT2D eigenvalue weighted by atomic mass is 9.98. The van der Waals surface area contributed by atoms with Crippen LogP contribution in [-0.2, 0) is 13.6 Å². The minimum Gasteiger partial charge on any atom is -0.396 e. The van der Waals surface area contributed by atoms with E-state index in [4.69, 9.17) is 5.73 Å². The number of nitrogen functional groups attached to an aromatic ring is 1. The molecule has 1 aromatic heterocycles. The summed E-state index contributed by atoms with van der Waals surface area (Å²) in [5.41, 5.74) is 10.6. The van der Waals surface area contributed by atoms with Crippen molar-refractivity contribution in [2.24, 2.45) is 12.0 Å². The van der Waals surface area contributed by atoms with E-state index in [0.29, 0.717) is 11.3 Å². The molecular formula is C20H19FN8. The topological polar surface area (TPSA) is 98.9 Å². The van der Waals surface area contributed by atoms with Crippen molar-refractivity contribution in [3.05, 3.63) is 53.8 Å². The molecule has 3 aliphatic heterocycles. The molecule has 2 aromatic rings. The summed E-state index contributed by atoms with van der Waals surface area (Å²) in [6, 6.07) is 5.15. The van der Waals surface area contributed by atoms with E-state index in [-0.39, 0.29) is 5.69 Å². The zero-order valence-electron chi connectivity index (χ0n) is 16.0. The molecule has 0 saturated heterocycles. The largest absolute Gasteiger partial charge is 0.396 e. The lowest BCUT2D eigenvalue weighted by molar-refractivity contribution is 0.631. The number of benzene rings is 1. The number of halogens is 1. The third-order valence-corrected chi connectivity index (χ3v) is 5.05. The third kappa shape index (κ3) is 2.91. The van der Waals surface area contributed by atoms with Crippen molar-refractivity contribution < 1.29 is 4.39 Å². The van der Waals surface area contributed by atoms with Crippen molar-refractivity contribution in [1.82, 2.24) is 24.3 Å². The lowest BCUT2D eigenvalue weighted by Crippen LogP contribution is -2.17. The van der Waals surface area contributed by atoms with E-state index in [1.165, 1.54) is 6.07 Å². The van der Waals surface area contributed by atoms with Gasteiger partial charge in [0, 0.05) is 37.5 Å². The van der Waals surface area contributed by atoms with E-state index in [9.17, 15) is 4.39 Å². The molecule has 5 rings (SSSR count). The molecule has 0 aliphatic carbocycles. The second-order valence-electron chi connectivity index (χ2n) is 7.11. The first-order chi connectivity index (χ1) is 14.0. The quantitative estimate of drug-likeness (QED) is 0.512. The summed E-state index contributed by atoms with van der Waals surface area (Å²) in [7, 11) is 1.83. The Morgan fingerprint density at radius 3 is 2.86 bits per heavy atom. The van der Waals surface area contributed by atoms with E-state index in [1.807, 2.05) is 20.0 Å². The number of nitrogens with one attached hydrogen (secondary N) is 1. The highest BCUT2D eigenvalue weighted by atomic mass is 19.1. The first-order valence-electron chi connectivity index (χ1n) is 9.23. The Morgan fingerprint density at radius 1 is 1.21 bits per heavy atom. The Kier molecular flexibility index (Phi) is 3.83. The van der Waals surface area contributed by atoms with Crippen LogP contribution in [0.15, 0.2) is 41.8 Å². The molecule has 1 aromatic carbocycles. The van der Waals surface area contributed by atoms with Crippen molar-refractivity contribution in [3.63, 3.8) is 0 Å². The molecule has 0 fully saturated rings. The van der Waals surface area contributed by atoms with Crippen LogP contribution in [-0.4, -0.2) is 30.9 Å². The molecule has 0 atom stereocenters. The van der Waals surface area contributed by atoms with Crippen LogP contribution >= 0.6 is 0 Å². The van der Waals surface area contributed by atoms with Crippen LogP contribution in [0.25, 0.3) is 22.5 Å². The Bertz CT molecular complexity index is 1290. The van der Waals surface area contributed by atoms with Crippen LogP contribution in [0.1, 0.15) is 5.56 Å². The SMILES string of the molecule is Cc1cc(F)c(N)cc1-c1cc2cnc(=Nc3cnn(C)c3)nc-2n2c1NCC2. The molecule has 0 saturated carbocycles. The number of hydrogen-bond acceptors (Lipinski definition) is 6. The van der Waals surface area contributed by atoms with Gasteiger partial charge in [-0.1, -0.05) is 0 Å². The standard InChI is InChI=1S/C20H19FN8/c1-11-5-16(21)17(22)7-14(11)15-6-12-8-24-20(26-13-9-25-28(2)10-13)27-18(12)29-4-3-23-19(15)29/h5-10,23H,3-4,22H2,1-2H3. The second kappa shape index (κ2) is 6.40. The van der Waals surface area contributed by atoms with Crippen LogP contribution in [0.3, 0.4) is 0 Å². The van der Waals surface area contributed by atoms with Gasteiger partial charge < -0.3 is 15.6 Å². The summed E-state index contributed by atoms with van der Waals surface area (Å²) >= 11 is 0. The monoisotopic (exact) mass is 390 g/mol. The van der Waals surface area contributed by atoms with Crippen LogP contribution in [0.2, 0.25) is 0 Å². The predicted molar refractivity (Wildman–Crippen MR) is 108 cm³/mol. The first kappa shape index (κ1) is 17.4. The van der Waals surface area contributed by atoms with Crippen molar-refractivity contribution >= 4 is 17.2 Å². The average Bonchev–Trinajstić information content (AvgIpc) is 3.34. The van der Waals surface area contributed by atoms with Crippen molar-refractivity contribution in [1.29, 1.82) is 0 Å². The average molecular weight is 390 g/mol. The zero-order chi connectivity index (χ0) is 20.1. The summed E-state index contributed by atoms with van der Waals surface area (Å²) in [5.74, 6) is 1.31. The van der Waals surface area contributed by atoms with Gasteiger partial charge in [-0.2, -0.15) is 10.1 Å². The number of anilines is 2. The number of hydrogen-bond donors (Lipinski definition) is 2. The maximum atomic E-state index is 13.8. The van der Waals surface area contributed by atoms with E-state index < -0.39 is 5.82 Å². The Labute approximate surface area is 165 Å². The maximum absolute atomic E-state index is 13.8. The fourth-order valence-corrected chi connectivity index (χ4v) is 3.68. The predicted octanol–water partition coefficient (Wildman–Crippen LogP) is 2.47. The summed E-state index contributed by atoms with van der Waals surface area (Å²) in [6.45, 7) is 3.42. The maximum Gasteiger partial charge on any atom is 0.251 e. The summed E-state index contributed by atoms with van der Waals surface area (Å²) < 4.78 is 17.6. The highest BCUT2D eigenvalue weighted by Gasteiger charge is 2.23. The number of pyridine rings is 1. The zero-order valence-corrected chi connectivity index (χ0v) is 16.0. The molecule has 3 N–H and O–H groups in total. The molecule has 146 valence electrons. The highest BCUT2D eigenvalue weighted by molar-refractivity contribution is 5.85. The second-order valence-corrected chi connectivity index (χ2v) is 7.11. The molecule has 9 heteroatoms. The van der Waals surface area contributed by atoms with Crippen LogP contribution in [0.5, 0.6) is 0 Å². The first-order valence-corrected chi connectivity index (χ1v) is 9.23. The number of nitrogens with two attached hydrogens (primary N) is 1. The molecular weight excluding hydrogens is 371 g/mol. The molecule has 0 bridgehead atoms. The lowest BCUT2D eigenvalue weighted by Gasteiger charge is -2.18. The molecule has 29 heavy (non-hydrogen) atoms. The van der Waals surface area contributed by atoms with E-state index >= 15 is 0 Å². The number of aromatic nitrogens is 5. The molecule has 0 spiro atoms. The Hall–Kier alpha value is -3.75. The van der Waals surface area contributed by atoms with Gasteiger partial charge in [0.15, 0.2) is 0 Å². The van der Waals surface area contributed by atoms with Crippen LogP contribution < -0.4 is 16.7 Å². The van der Waals surface area contributed by atoms with E-state index in [1.54, 1.807) is 29.3 Å². The van der Waals surface area contributed by atoms with Crippen LogP contribution in [0.4, 0.5) is 21.6 Å². The molecule has 0 radical (unpaired) electrons. The summed E-state index contributed by atoms with van der Waals surface area (Å²) in [5, 5.41) is 7.53. The number of nitrogens with zero attached hydrogens (tertiary/aromatic N) is 6. The van der Waals surface area contributed by atoms with Gasteiger partial charge in [0.25, 0.3) is 5.62 Å². The number of aryl methyl sites for hydroxylation is 2.